The fourth-order valence-corrected chi connectivity index (χ4v) is 3.87. The number of ether oxygens (including phenoxy) is 2. The van der Waals surface area contributed by atoms with Gasteiger partial charge >= 0.3 is 0 Å². The standard InChI is InChI=1S/C22H34N4O2/c1-23-12-13-26(2)17-19-16-24-25-22(19)18-8-10-21(11-9-18)28-15-14-27-20-6-4-3-5-7-20/h3-7,16,18,21,23H,8-15,17H2,1-2H3,(H,24,25). The zero-order chi connectivity index (χ0) is 19.6. The molecular weight excluding hydrogens is 352 g/mol. The van der Waals surface area contributed by atoms with E-state index in [0.29, 0.717) is 25.2 Å². The van der Waals surface area contributed by atoms with Crippen molar-refractivity contribution in [2.45, 2.75) is 44.2 Å². The molecule has 1 heterocycles. The van der Waals surface area contributed by atoms with Crippen LogP contribution in [0.15, 0.2) is 36.5 Å². The molecule has 154 valence electrons. The third-order valence-electron chi connectivity index (χ3n) is 5.45. The van der Waals surface area contributed by atoms with Gasteiger partial charge in [-0.05, 0) is 51.9 Å². The minimum Gasteiger partial charge on any atom is -0.491 e. The second kappa shape index (κ2) is 11.2. The van der Waals surface area contributed by atoms with Gasteiger partial charge in [-0.2, -0.15) is 5.10 Å². The van der Waals surface area contributed by atoms with E-state index in [-0.39, 0.29) is 0 Å². The van der Waals surface area contributed by atoms with Crippen LogP contribution >= 0.6 is 0 Å². The zero-order valence-electron chi connectivity index (χ0n) is 17.2. The summed E-state index contributed by atoms with van der Waals surface area (Å²) in [5, 5.41) is 10.9. The molecule has 1 saturated carbocycles. The largest absolute Gasteiger partial charge is 0.491 e. The summed E-state index contributed by atoms with van der Waals surface area (Å²) < 4.78 is 11.8. The molecule has 0 aliphatic heterocycles. The smallest absolute Gasteiger partial charge is 0.119 e. The van der Waals surface area contributed by atoms with E-state index in [9.17, 15) is 0 Å². The molecular formula is C22H34N4O2. The molecule has 0 amide bonds. The van der Waals surface area contributed by atoms with Gasteiger partial charge in [-0.25, -0.2) is 0 Å². The fourth-order valence-electron chi connectivity index (χ4n) is 3.87. The highest BCUT2D eigenvalue weighted by Gasteiger charge is 2.26. The van der Waals surface area contributed by atoms with E-state index in [1.165, 1.54) is 11.3 Å². The van der Waals surface area contributed by atoms with Gasteiger partial charge in [0.2, 0.25) is 0 Å². The summed E-state index contributed by atoms with van der Waals surface area (Å²) in [5.74, 6) is 1.44. The number of H-pyrrole nitrogens is 1. The molecule has 1 aliphatic rings. The molecule has 1 fully saturated rings. The molecule has 0 atom stereocenters. The molecule has 6 heteroatoms. The first-order valence-corrected chi connectivity index (χ1v) is 10.4. The van der Waals surface area contributed by atoms with Gasteiger partial charge in [-0.15, -0.1) is 0 Å². The first-order valence-electron chi connectivity index (χ1n) is 10.4. The Kier molecular flexibility index (Phi) is 8.33. The Bertz CT molecular complexity index is 668. The highest BCUT2D eigenvalue weighted by Crippen LogP contribution is 2.34. The lowest BCUT2D eigenvalue weighted by Gasteiger charge is -2.28. The van der Waals surface area contributed by atoms with Crippen molar-refractivity contribution in [3.05, 3.63) is 47.8 Å². The first-order chi connectivity index (χ1) is 13.8. The van der Waals surface area contributed by atoms with Crippen LogP contribution in [0.1, 0.15) is 42.9 Å². The number of para-hydroxylation sites is 1. The summed E-state index contributed by atoms with van der Waals surface area (Å²) in [5.41, 5.74) is 2.58. The van der Waals surface area contributed by atoms with Crippen LogP contribution < -0.4 is 10.1 Å². The molecule has 28 heavy (non-hydrogen) atoms. The minimum atomic E-state index is 0.344. The molecule has 0 unspecified atom stereocenters. The summed E-state index contributed by atoms with van der Waals surface area (Å²) in [6.07, 6.45) is 6.88. The number of nitrogens with one attached hydrogen (secondary N) is 2. The lowest BCUT2D eigenvalue weighted by atomic mass is 9.84. The van der Waals surface area contributed by atoms with Crippen LogP contribution in [0.25, 0.3) is 0 Å². The molecule has 1 aliphatic carbocycles. The van der Waals surface area contributed by atoms with E-state index in [1.807, 2.05) is 37.4 Å². The Balaban J connectivity index is 1.38. The number of likely N-dealkylation sites (N-methyl/N-ethyl adjacent to an activating group) is 2. The van der Waals surface area contributed by atoms with Crippen LogP contribution in [0, 0.1) is 0 Å². The molecule has 1 aromatic heterocycles. The normalized spacial score (nSPS) is 19.8. The maximum absolute atomic E-state index is 6.04. The third-order valence-corrected chi connectivity index (χ3v) is 5.45. The van der Waals surface area contributed by atoms with E-state index in [2.05, 4.69) is 33.7 Å². The number of aromatic nitrogens is 2. The number of rotatable bonds is 11. The quantitative estimate of drug-likeness (QED) is 0.581. The van der Waals surface area contributed by atoms with Gasteiger partial charge in [0.1, 0.15) is 12.4 Å². The lowest BCUT2D eigenvalue weighted by Crippen LogP contribution is -2.27. The predicted molar refractivity (Wildman–Crippen MR) is 112 cm³/mol. The van der Waals surface area contributed by atoms with Gasteiger partial charge in [0.05, 0.1) is 18.4 Å². The predicted octanol–water partition coefficient (Wildman–Crippen LogP) is 3.18. The van der Waals surface area contributed by atoms with Crippen LogP contribution in [0.5, 0.6) is 5.75 Å². The van der Waals surface area contributed by atoms with Crippen molar-refractivity contribution in [1.82, 2.24) is 20.4 Å². The molecule has 0 spiro atoms. The first kappa shape index (κ1) is 20.8. The number of aromatic amines is 1. The molecule has 2 aromatic rings. The topological polar surface area (TPSA) is 62.4 Å². The Morgan fingerprint density at radius 1 is 1.14 bits per heavy atom. The summed E-state index contributed by atoms with van der Waals surface area (Å²) in [6.45, 7) is 4.23. The van der Waals surface area contributed by atoms with Crippen LogP contribution in [0.4, 0.5) is 0 Å². The van der Waals surface area contributed by atoms with Gasteiger partial charge in [0.15, 0.2) is 0 Å². The Hall–Kier alpha value is -1.89. The van der Waals surface area contributed by atoms with Gasteiger partial charge < -0.3 is 19.7 Å². The lowest BCUT2D eigenvalue weighted by molar-refractivity contribution is 0.00949. The average molecular weight is 387 g/mol. The van der Waals surface area contributed by atoms with Gasteiger partial charge in [-0.1, -0.05) is 18.2 Å². The van der Waals surface area contributed by atoms with Crippen molar-refractivity contribution >= 4 is 0 Å². The van der Waals surface area contributed by atoms with Crippen LogP contribution in [0.2, 0.25) is 0 Å². The summed E-state index contributed by atoms with van der Waals surface area (Å²) in [4.78, 5) is 2.34. The molecule has 2 N–H and O–H groups in total. The highest BCUT2D eigenvalue weighted by atomic mass is 16.5. The number of hydrogen-bond acceptors (Lipinski definition) is 5. The SMILES string of the molecule is CNCCN(C)Cc1c[nH]nc1C1CCC(OCCOc2ccccc2)CC1. The van der Waals surface area contributed by atoms with Crippen molar-refractivity contribution in [2.24, 2.45) is 0 Å². The molecule has 3 rings (SSSR count). The monoisotopic (exact) mass is 386 g/mol. The van der Waals surface area contributed by atoms with Crippen LogP contribution in [-0.2, 0) is 11.3 Å². The van der Waals surface area contributed by atoms with Gasteiger partial charge in [0.25, 0.3) is 0 Å². The second-order valence-electron chi connectivity index (χ2n) is 7.64. The van der Waals surface area contributed by atoms with E-state index in [0.717, 1.165) is 51.1 Å². The van der Waals surface area contributed by atoms with Crippen molar-refractivity contribution in [1.29, 1.82) is 0 Å². The maximum atomic E-state index is 6.04. The molecule has 0 saturated heterocycles. The maximum Gasteiger partial charge on any atom is 0.119 e. The minimum absolute atomic E-state index is 0.344. The summed E-state index contributed by atoms with van der Waals surface area (Å²) >= 11 is 0. The van der Waals surface area contributed by atoms with Crippen LogP contribution in [0.3, 0.4) is 0 Å². The zero-order valence-corrected chi connectivity index (χ0v) is 17.2. The van der Waals surface area contributed by atoms with Gasteiger partial charge in [-0.3, -0.25) is 5.10 Å². The van der Waals surface area contributed by atoms with Gasteiger partial charge in [0, 0.05) is 37.3 Å². The van der Waals surface area contributed by atoms with E-state index in [4.69, 9.17) is 9.47 Å². The Morgan fingerprint density at radius 2 is 1.93 bits per heavy atom. The van der Waals surface area contributed by atoms with E-state index in [1.54, 1.807) is 0 Å². The Labute approximate surface area is 168 Å². The third kappa shape index (κ3) is 6.33. The number of benzene rings is 1. The molecule has 0 radical (unpaired) electrons. The van der Waals surface area contributed by atoms with Crippen molar-refractivity contribution in [2.75, 3.05) is 40.4 Å². The fraction of sp³-hybridized carbons (Fsp3) is 0.591. The van der Waals surface area contributed by atoms with E-state index < -0.39 is 0 Å². The van der Waals surface area contributed by atoms with E-state index >= 15 is 0 Å². The molecule has 6 nitrogen and oxygen atoms in total. The molecule has 1 aromatic carbocycles. The molecule has 0 bridgehead atoms. The summed E-state index contributed by atoms with van der Waals surface area (Å²) in [6, 6.07) is 9.91. The number of hydrogen-bond donors (Lipinski definition) is 2. The van der Waals surface area contributed by atoms with Crippen molar-refractivity contribution in [3.63, 3.8) is 0 Å². The van der Waals surface area contributed by atoms with Crippen LogP contribution in [-0.4, -0.2) is 61.6 Å². The number of nitrogens with zero attached hydrogens (tertiary/aromatic N) is 2. The second-order valence-corrected chi connectivity index (χ2v) is 7.64. The van der Waals surface area contributed by atoms with Crippen molar-refractivity contribution < 1.29 is 9.47 Å². The summed E-state index contributed by atoms with van der Waals surface area (Å²) in [7, 11) is 4.15. The van der Waals surface area contributed by atoms with Crippen molar-refractivity contribution in [3.8, 4) is 5.75 Å². The average Bonchev–Trinajstić information content (AvgIpc) is 3.19. The Morgan fingerprint density at radius 3 is 2.68 bits per heavy atom. The highest BCUT2D eigenvalue weighted by molar-refractivity contribution is 5.21.